The van der Waals surface area contributed by atoms with E-state index in [0.717, 1.165) is 44.1 Å². The van der Waals surface area contributed by atoms with Gasteiger partial charge in [0.25, 0.3) is 0 Å². The van der Waals surface area contributed by atoms with Crippen molar-refractivity contribution < 1.29 is 9.53 Å². The van der Waals surface area contributed by atoms with Crippen LogP contribution in [0.15, 0.2) is 48.5 Å². The van der Waals surface area contributed by atoms with Crippen LogP contribution in [0.5, 0.6) is 0 Å². The molecule has 0 saturated carbocycles. The number of carbonyl (C=O) groups excluding carboxylic acids is 1. The maximum Gasteiger partial charge on any atom is 0.238 e. The number of benzene rings is 2. The summed E-state index contributed by atoms with van der Waals surface area (Å²) in [5, 5.41) is 11.9. The van der Waals surface area contributed by atoms with E-state index in [4.69, 9.17) is 10.00 Å². The second-order valence-corrected chi connectivity index (χ2v) is 7.12. The van der Waals surface area contributed by atoms with Crippen LogP contribution in [0.25, 0.3) is 0 Å². The summed E-state index contributed by atoms with van der Waals surface area (Å²) in [5.41, 5.74) is 3.68. The molecule has 1 saturated heterocycles. The first-order valence-corrected chi connectivity index (χ1v) is 9.49. The smallest absolute Gasteiger partial charge is 0.238 e. The first-order valence-electron chi connectivity index (χ1n) is 9.49. The summed E-state index contributed by atoms with van der Waals surface area (Å²) in [7, 11) is 1.89. The third kappa shape index (κ3) is 6.17. The molecule has 6 nitrogen and oxygen atoms in total. The average molecular weight is 378 g/mol. The summed E-state index contributed by atoms with van der Waals surface area (Å²) in [6, 6.07) is 17.6. The zero-order valence-corrected chi connectivity index (χ0v) is 16.2. The van der Waals surface area contributed by atoms with Gasteiger partial charge in [-0.05, 0) is 42.4 Å². The highest BCUT2D eigenvalue weighted by atomic mass is 16.5. The quantitative estimate of drug-likeness (QED) is 0.802. The van der Waals surface area contributed by atoms with Crippen LogP contribution >= 0.6 is 0 Å². The number of nitrogens with zero attached hydrogens (tertiary/aromatic N) is 3. The Hall–Kier alpha value is -2.72. The Morgan fingerprint density at radius 3 is 2.64 bits per heavy atom. The molecule has 28 heavy (non-hydrogen) atoms. The van der Waals surface area contributed by atoms with E-state index in [1.165, 1.54) is 5.56 Å². The van der Waals surface area contributed by atoms with Gasteiger partial charge in [0.2, 0.25) is 5.91 Å². The average Bonchev–Trinajstić information content (AvgIpc) is 2.70. The number of morpholine rings is 1. The molecule has 1 N–H and O–H groups in total. The molecule has 1 fully saturated rings. The zero-order chi connectivity index (χ0) is 19.8. The molecular weight excluding hydrogens is 352 g/mol. The van der Waals surface area contributed by atoms with Gasteiger partial charge in [0.05, 0.1) is 31.4 Å². The summed E-state index contributed by atoms with van der Waals surface area (Å²) in [5.74, 6) is -0.0557. The molecule has 146 valence electrons. The van der Waals surface area contributed by atoms with Crippen LogP contribution < -0.4 is 5.32 Å². The lowest BCUT2D eigenvalue weighted by Crippen LogP contribution is -2.35. The van der Waals surface area contributed by atoms with Crippen molar-refractivity contribution in [1.29, 1.82) is 5.26 Å². The van der Waals surface area contributed by atoms with Gasteiger partial charge < -0.3 is 10.1 Å². The van der Waals surface area contributed by atoms with Gasteiger partial charge in [-0.3, -0.25) is 14.6 Å². The van der Waals surface area contributed by atoms with Gasteiger partial charge >= 0.3 is 0 Å². The predicted octanol–water partition coefficient (Wildman–Crippen LogP) is 2.46. The SMILES string of the molecule is CN(CC(=O)Nc1ccc(CN2CCOCC2)cc1)Cc1cccc(C#N)c1. The highest BCUT2D eigenvalue weighted by Gasteiger charge is 2.11. The second kappa shape index (κ2) is 10.00. The minimum absolute atomic E-state index is 0.0557. The van der Waals surface area contributed by atoms with E-state index < -0.39 is 0 Å². The Kier molecular flexibility index (Phi) is 7.15. The Labute approximate surface area is 166 Å². The lowest BCUT2D eigenvalue weighted by atomic mass is 10.1. The zero-order valence-electron chi connectivity index (χ0n) is 16.2. The second-order valence-electron chi connectivity index (χ2n) is 7.12. The molecular formula is C22H26N4O2. The normalized spacial score (nSPS) is 14.6. The number of amides is 1. The van der Waals surface area contributed by atoms with Gasteiger partial charge in [0.1, 0.15) is 0 Å². The highest BCUT2D eigenvalue weighted by Crippen LogP contribution is 2.13. The minimum Gasteiger partial charge on any atom is -0.379 e. The number of anilines is 1. The van der Waals surface area contributed by atoms with Crippen LogP contribution in [0.3, 0.4) is 0 Å². The summed E-state index contributed by atoms with van der Waals surface area (Å²) in [6.07, 6.45) is 0. The van der Waals surface area contributed by atoms with Crippen molar-refractivity contribution in [3.05, 3.63) is 65.2 Å². The Morgan fingerprint density at radius 1 is 1.18 bits per heavy atom. The Balaban J connectivity index is 1.46. The number of nitriles is 1. The molecule has 0 bridgehead atoms. The van der Waals surface area contributed by atoms with Crippen molar-refractivity contribution in [3.8, 4) is 6.07 Å². The summed E-state index contributed by atoms with van der Waals surface area (Å²) in [6.45, 7) is 5.31. The predicted molar refractivity (Wildman–Crippen MR) is 109 cm³/mol. The van der Waals surface area contributed by atoms with E-state index in [2.05, 4.69) is 28.4 Å². The fourth-order valence-corrected chi connectivity index (χ4v) is 3.26. The van der Waals surface area contributed by atoms with Gasteiger partial charge in [-0.15, -0.1) is 0 Å². The maximum atomic E-state index is 12.3. The lowest BCUT2D eigenvalue weighted by molar-refractivity contribution is -0.117. The summed E-state index contributed by atoms with van der Waals surface area (Å²) < 4.78 is 5.37. The van der Waals surface area contributed by atoms with Gasteiger partial charge in [-0.1, -0.05) is 24.3 Å². The molecule has 2 aromatic carbocycles. The van der Waals surface area contributed by atoms with Gasteiger partial charge in [-0.25, -0.2) is 0 Å². The molecule has 0 radical (unpaired) electrons. The molecule has 6 heteroatoms. The molecule has 1 amide bonds. The van der Waals surface area contributed by atoms with Crippen molar-refractivity contribution in [1.82, 2.24) is 9.80 Å². The van der Waals surface area contributed by atoms with Crippen LogP contribution in [0, 0.1) is 11.3 Å². The molecule has 0 spiro atoms. The first kappa shape index (κ1) is 20.0. The fourth-order valence-electron chi connectivity index (χ4n) is 3.26. The van der Waals surface area contributed by atoms with Gasteiger partial charge in [-0.2, -0.15) is 5.26 Å². The maximum absolute atomic E-state index is 12.3. The van der Waals surface area contributed by atoms with Gasteiger partial charge in [0.15, 0.2) is 0 Å². The van der Waals surface area contributed by atoms with Crippen LogP contribution in [0.2, 0.25) is 0 Å². The highest BCUT2D eigenvalue weighted by molar-refractivity contribution is 5.92. The number of hydrogen-bond donors (Lipinski definition) is 1. The van der Waals surface area contributed by atoms with E-state index in [1.54, 1.807) is 6.07 Å². The molecule has 3 rings (SSSR count). The minimum atomic E-state index is -0.0557. The molecule has 0 aliphatic carbocycles. The van der Waals surface area contributed by atoms with Crippen molar-refractivity contribution in [2.45, 2.75) is 13.1 Å². The largest absolute Gasteiger partial charge is 0.379 e. The fraction of sp³-hybridized carbons (Fsp3) is 0.364. The monoisotopic (exact) mass is 378 g/mol. The summed E-state index contributed by atoms with van der Waals surface area (Å²) in [4.78, 5) is 16.6. The molecule has 1 heterocycles. The standard InChI is InChI=1S/C22H26N4O2/c1-25(15-20-4-2-3-19(13-20)14-23)17-22(27)24-21-7-5-18(6-8-21)16-26-9-11-28-12-10-26/h2-8,13H,9-12,15-17H2,1H3,(H,24,27). The molecule has 1 aliphatic heterocycles. The number of hydrogen-bond acceptors (Lipinski definition) is 5. The Bertz CT molecular complexity index is 823. The van der Waals surface area contributed by atoms with Crippen molar-refractivity contribution in [2.24, 2.45) is 0 Å². The topological polar surface area (TPSA) is 68.6 Å². The van der Waals surface area contributed by atoms with Crippen LogP contribution in [-0.2, 0) is 22.6 Å². The molecule has 2 aromatic rings. The number of nitrogens with one attached hydrogen (secondary N) is 1. The van der Waals surface area contributed by atoms with Crippen molar-refractivity contribution >= 4 is 11.6 Å². The van der Waals surface area contributed by atoms with E-state index in [1.807, 2.05) is 42.3 Å². The lowest BCUT2D eigenvalue weighted by Gasteiger charge is -2.26. The third-order valence-corrected chi connectivity index (χ3v) is 4.67. The third-order valence-electron chi connectivity index (χ3n) is 4.67. The number of ether oxygens (including phenoxy) is 1. The molecule has 0 unspecified atom stereocenters. The van der Waals surface area contributed by atoms with E-state index in [9.17, 15) is 4.79 Å². The number of carbonyl (C=O) groups is 1. The summed E-state index contributed by atoms with van der Waals surface area (Å²) >= 11 is 0. The van der Waals surface area contributed by atoms with Crippen LogP contribution in [-0.4, -0.2) is 55.6 Å². The number of rotatable bonds is 7. The van der Waals surface area contributed by atoms with Crippen molar-refractivity contribution in [3.63, 3.8) is 0 Å². The van der Waals surface area contributed by atoms with Gasteiger partial charge in [0, 0.05) is 31.9 Å². The van der Waals surface area contributed by atoms with E-state index >= 15 is 0 Å². The molecule has 0 atom stereocenters. The van der Waals surface area contributed by atoms with Crippen molar-refractivity contribution in [2.75, 3.05) is 45.2 Å². The van der Waals surface area contributed by atoms with E-state index in [-0.39, 0.29) is 12.5 Å². The first-order chi connectivity index (χ1) is 13.6. The van der Waals surface area contributed by atoms with E-state index in [0.29, 0.717) is 12.1 Å². The van der Waals surface area contributed by atoms with Crippen LogP contribution in [0.1, 0.15) is 16.7 Å². The Morgan fingerprint density at radius 2 is 1.93 bits per heavy atom. The molecule has 0 aromatic heterocycles. The molecule has 1 aliphatic rings. The van der Waals surface area contributed by atoms with Crippen LogP contribution in [0.4, 0.5) is 5.69 Å². The number of likely N-dealkylation sites (N-methyl/N-ethyl adjacent to an activating group) is 1.